The molecule has 0 aliphatic carbocycles. The molecule has 0 saturated heterocycles. The summed E-state index contributed by atoms with van der Waals surface area (Å²) in [5, 5.41) is 3.06. The van der Waals surface area contributed by atoms with Crippen LogP contribution in [-0.2, 0) is 6.54 Å². The van der Waals surface area contributed by atoms with Crippen molar-refractivity contribution < 1.29 is 0 Å². The van der Waals surface area contributed by atoms with Gasteiger partial charge in [0.1, 0.15) is 0 Å². The molecule has 0 amide bonds. The lowest BCUT2D eigenvalue weighted by atomic mass is 10.4. The first-order valence-corrected chi connectivity index (χ1v) is 4.92. The van der Waals surface area contributed by atoms with Gasteiger partial charge >= 0.3 is 0 Å². The van der Waals surface area contributed by atoms with E-state index in [1.54, 1.807) is 0 Å². The summed E-state index contributed by atoms with van der Waals surface area (Å²) in [6.07, 6.45) is 0. The quantitative estimate of drug-likeness (QED) is 0.763. The number of nitrogens with zero attached hydrogens (tertiary/aromatic N) is 2. The average molecular weight is 183 g/mol. The third-order valence-electron chi connectivity index (χ3n) is 2.00. The largest absolute Gasteiger partial charge is 0.359 e. The fourth-order valence-electron chi connectivity index (χ4n) is 1.23. The maximum absolute atomic E-state index is 4.35. The Morgan fingerprint density at radius 1 is 1.31 bits per heavy atom. The van der Waals surface area contributed by atoms with E-state index in [9.17, 15) is 0 Å². The maximum Gasteiger partial charge on any atom is 0.202 e. The number of aryl methyl sites for hydroxylation is 1. The van der Waals surface area contributed by atoms with Crippen molar-refractivity contribution in [3.63, 3.8) is 0 Å². The third-order valence-corrected chi connectivity index (χ3v) is 2.00. The molecule has 1 N–H and O–H groups in total. The molecule has 0 aliphatic heterocycles. The van der Waals surface area contributed by atoms with Gasteiger partial charge in [0.15, 0.2) is 0 Å². The Hall–Kier alpha value is -0.990. The molecule has 1 heterocycles. The Kier molecular flexibility index (Phi) is 5.19. The van der Waals surface area contributed by atoms with Crippen LogP contribution in [0.2, 0.25) is 0 Å². The van der Waals surface area contributed by atoms with E-state index in [0.717, 1.165) is 18.2 Å². The number of hydrogen-bond acceptors (Lipinski definition) is 2. The fraction of sp³-hybridized carbons (Fsp3) is 0.700. The standard InChI is InChI=1S/C8H15N3.C2H6/c1-5-11-7(3)6(2)10-8(11)9-4;1-2/h5H2,1-4H3,(H,9,10);1-2H3. The van der Waals surface area contributed by atoms with Crippen LogP contribution < -0.4 is 5.32 Å². The van der Waals surface area contributed by atoms with E-state index in [-0.39, 0.29) is 0 Å². The van der Waals surface area contributed by atoms with Gasteiger partial charge in [-0.05, 0) is 20.8 Å². The van der Waals surface area contributed by atoms with Gasteiger partial charge in [0, 0.05) is 19.3 Å². The molecule has 0 atom stereocenters. The van der Waals surface area contributed by atoms with Crippen LogP contribution in [0.4, 0.5) is 5.95 Å². The summed E-state index contributed by atoms with van der Waals surface area (Å²) in [5.74, 6) is 0.961. The molecule has 3 heteroatoms. The average Bonchev–Trinajstić information content (AvgIpc) is 2.46. The van der Waals surface area contributed by atoms with E-state index in [0.29, 0.717) is 0 Å². The predicted molar refractivity (Wildman–Crippen MR) is 58.3 cm³/mol. The molecule has 1 aromatic rings. The number of rotatable bonds is 2. The molecule has 0 aromatic carbocycles. The molecule has 0 saturated carbocycles. The SMILES string of the molecule is CC.CCn1c(NC)nc(C)c1C. The van der Waals surface area contributed by atoms with E-state index in [1.807, 2.05) is 27.8 Å². The zero-order valence-electron chi connectivity index (χ0n) is 9.60. The second kappa shape index (κ2) is 5.62. The Labute approximate surface area is 81.2 Å². The molecule has 0 radical (unpaired) electrons. The van der Waals surface area contributed by atoms with E-state index < -0.39 is 0 Å². The molecular formula is C10H21N3. The van der Waals surface area contributed by atoms with Crippen LogP contribution in [0.3, 0.4) is 0 Å². The lowest BCUT2D eigenvalue weighted by Gasteiger charge is -2.04. The van der Waals surface area contributed by atoms with Gasteiger partial charge in [0.05, 0.1) is 5.69 Å². The van der Waals surface area contributed by atoms with Crippen molar-refractivity contribution in [3.05, 3.63) is 11.4 Å². The number of nitrogens with one attached hydrogen (secondary N) is 1. The summed E-state index contributed by atoms with van der Waals surface area (Å²) in [5.41, 5.74) is 2.35. The second-order valence-corrected chi connectivity index (χ2v) is 2.60. The molecule has 0 bridgehead atoms. The summed E-state index contributed by atoms with van der Waals surface area (Å²) in [6.45, 7) is 11.2. The van der Waals surface area contributed by atoms with Gasteiger partial charge < -0.3 is 9.88 Å². The highest BCUT2D eigenvalue weighted by atomic mass is 15.2. The number of aromatic nitrogens is 2. The van der Waals surface area contributed by atoms with Crippen molar-refractivity contribution in [2.75, 3.05) is 12.4 Å². The van der Waals surface area contributed by atoms with Crippen LogP contribution in [0, 0.1) is 13.8 Å². The van der Waals surface area contributed by atoms with Crippen molar-refractivity contribution in [1.82, 2.24) is 9.55 Å². The van der Waals surface area contributed by atoms with E-state index in [4.69, 9.17) is 0 Å². The minimum absolute atomic E-state index is 0.961. The molecule has 13 heavy (non-hydrogen) atoms. The first-order valence-electron chi connectivity index (χ1n) is 4.92. The Bertz CT molecular complexity index is 251. The molecule has 0 aliphatic rings. The minimum atomic E-state index is 0.961. The Morgan fingerprint density at radius 2 is 1.85 bits per heavy atom. The summed E-state index contributed by atoms with van der Waals surface area (Å²) in [4.78, 5) is 4.35. The summed E-state index contributed by atoms with van der Waals surface area (Å²) >= 11 is 0. The fourth-order valence-corrected chi connectivity index (χ4v) is 1.23. The summed E-state index contributed by atoms with van der Waals surface area (Å²) in [7, 11) is 1.90. The highest BCUT2D eigenvalue weighted by Gasteiger charge is 2.06. The van der Waals surface area contributed by atoms with Crippen LogP contribution in [-0.4, -0.2) is 16.6 Å². The molecule has 0 spiro atoms. The normalized spacial score (nSPS) is 9.08. The Morgan fingerprint density at radius 3 is 2.15 bits per heavy atom. The van der Waals surface area contributed by atoms with Gasteiger partial charge in [0.2, 0.25) is 5.95 Å². The lowest BCUT2D eigenvalue weighted by Crippen LogP contribution is -2.02. The monoisotopic (exact) mass is 183 g/mol. The van der Waals surface area contributed by atoms with Gasteiger partial charge in [-0.3, -0.25) is 0 Å². The molecule has 0 fully saturated rings. The topological polar surface area (TPSA) is 29.9 Å². The lowest BCUT2D eigenvalue weighted by molar-refractivity contribution is 0.743. The van der Waals surface area contributed by atoms with Gasteiger partial charge in [-0.25, -0.2) is 4.98 Å². The molecule has 1 aromatic heterocycles. The zero-order valence-corrected chi connectivity index (χ0v) is 9.60. The van der Waals surface area contributed by atoms with Crippen molar-refractivity contribution >= 4 is 5.95 Å². The van der Waals surface area contributed by atoms with Gasteiger partial charge in [-0.2, -0.15) is 0 Å². The molecule has 3 nitrogen and oxygen atoms in total. The molecule has 76 valence electrons. The van der Waals surface area contributed by atoms with Crippen molar-refractivity contribution in [1.29, 1.82) is 0 Å². The predicted octanol–water partition coefficient (Wildman–Crippen LogP) is 2.59. The zero-order chi connectivity index (χ0) is 10.4. The number of anilines is 1. The highest BCUT2D eigenvalue weighted by Crippen LogP contribution is 2.13. The third kappa shape index (κ3) is 2.47. The van der Waals surface area contributed by atoms with Crippen molar-refractivity contribution in [2.45, 2.75) is 41.2 Å². The van der Waals surface area contributed by atoms with Crippen molar-refractivity contribution in [3.8, 4) is 0 Å². The number of hydrogen-bond donors (Lipinski definition) is 1. The first-order chi connectivity index (χ1) is 6.20. The molecule has 1 rings (SSSR count). The molecular weight excluding hydrogens is 162 g/mol. The van der Waals surface area contributed by atoms with Crippen LogP contribution in [0.25, 0.3) is 0 Å². The highest BCUT2D eigenvalue weighted by molar-refractivity contribution is 5.32. The van der Waals surface area contributed by atoms with Crippen LogP contribution in [0.15, 0.2) is 0 Å². The van der Waals surface area contributed by atoms with Crippen molar-refractivity contribution in [2.24, 2.45) is 0 Å². The van der Waals surface area contributed by atoms with Gasteiger partial charge in [-0.1, -0.05) is 13.8 Å². The van der Waals surface area contributed by atoms with E-state index in [2.05, 4.69) is 28.7 Å². The smallest absolute Gasteiger partial charge is 0.202 e. The van der Waals surface area contributed by atoms with Crippen LogP contribution in [0.5, 0.6) is 0 Å². The van der Waals surface area contributed by atoms with Gasteiger partial charge in [-0.15, -0.1) is 0 Å². The summed E-state index contributed by atoms with van der Waals surface area (Å²) < 4.78 is 2.16. The van der Waals surface area contributed by atoms with Crippen LogP contribution in [0.1, 0.15) is 32.2 Å². The second-order valence-electron chi connectivity index (χ2n) is 2.60. The Balaban J connectivity index is 0.000000671. The van der Waals surface area contributed by atoms with E-state index in [1.165, 1.54) is 5.69 Å². The molecule has 0 unspecified atom stereocenters. The van der Waals surface area contributed by atoms with Gasteiger partial charge in [0.25, 0.3) is 0 Å². The first kappa shape index (κ1) is 12.0. The van der Waals surface area contributed by atoms with E-state index >= 15 is 0 Å². The minimum Gasteiger partial charge on any atom is -0.359 e. The van der Waals surface area contributed by atoms with Crippen LogP contribution >= 0.6 is 0 Å². The summed E-state index contributed by atoms with van der Waals surface area (Å²) in [6, 6.07) is 0. The number of imidazole rings is 1. The maximum atomic E-state index is 4.35.